The fourth-order valence-electron chi connectivity index (χ4n) is 2.36. The highest BCUT2D eigenvalue weighted by molar-refractivity contribution is 6.31. The van der Waals surface area contributed by atoms with Gasteiger partial charge in [-0.05, 0) is 29.7 Å². The molecule has 0 fully saturated rings. The third-order valence-corrected chi connectivity index (χ3v) is 4.08. The highest BCUT2D eigenvalue weighted by Gasteiger charge is 2.20. The average molecular weight is 348 g/mol. The molecule has 0 aliphatic carbocycles. The van der Waals surface area contributed by atoms with Crippen LogP contribution in [0, 0.1) is 5.92 Å². The second-order valence-electron chi connectivity index (χ2n) is 5.97. The van der Waals surface area contributed by atoms with E-state index in [0.717, 1.165) is 16.9 Å². The van der Waals surface area contributed by atoms with Crippen LogP contribution >= 0.6 is 11.6 Å². The fourth-order valence-corrected chi connectivity index (χ4v) is 2.55. The van der Waals surface area contributed by atoms with E-state index in [1.54, 1.807) is 0 Å². The quantitative estimate of drug-likeness (QED) is 0.754. The Morgan fingerprint density at radius 1 is 1.21 bits per heavy atom. The summed E-state index contributed by atoms with van der Waals surface area (Å²) in [7, 11) is 0. The van der Waals surface area contributed by atoms with E-state index in [1.165, 1.54) is 0 Å². The van der Waals surface area contributed by atoms with Crippen LogP contribution in [0.25, 0.3) is 0 Å². The molecule has 0 aliphatic rings. The molecule has 0 radical (unpaired) electrons. The van der Waals surface area contributed by atoms with Gasteiger partial charge in [-0.1, -0.05) is 55.8 Å². The number of aliphatic carboxylic acids is 1. The van der Waals surface area contributed by atoms with Crippen molar-refractivity contribution in [1.29, 1.82) is 0 Å². The number of hydrogen-bond acceptors (Lipinski definition) is 3. The molecule has 0 unspecified atom stereocenters. The molecule has 2 aromatic rings. The summed E-state index contributed by atoms with van der Waals surface area (Å²) in [4.78, 5) is 11.2. The topological polar surface area (TPSA) is 58.6 Å². The van der Waals surface area contributed by atoms with Crippen LogP contribution in [-0.4, -0.2) is 17.1 Å². The molecule has 2 N–H and O–H groups in total. The lowest BCUT2D eigenvalue weighted by Gasteiger charge is -2.18. The van der Waals surface area contributed by atoms with E-state index in [-0.39, 0.29) is 5.92 Å². The molecule has 24 heavy (non-hydrogen) atoms. The Bertz CT molecular complexity index is 688. The predicted octanol–water partition coefficient (Wildman–Crippen LogP) is 4.12. The first-order valence-electron chi connectivity index (χ1n) is 7.88. The zero-order chi connectivity index (χ0) is 17.5. The number of ether oxygens (including phenoxy) is 1. The summed E-state index contributed by atoms with van der Waals surface area (Å²) in [6.07, 6.45) is 0. The minimum absolute atomic E-state index is 0.0159. The summed E-state index contributed by atoms with van der Waals surface area (Å²) >= 11 is 6.12. The maximum absolute atomic E-state index is 11.2. The molecule has 1 atom stereocenters. The standard InChI is InChI=1S/C19H22ClNO3/c1-13(2)18(19(22)23)21-11-14-6-5-8-16(10-14)24-12-15-7-3-4-9-17(15)20/h3-10,13,18,21H,11-12H2,1-2H3,(H,22,23)/t18-/m0/s1. The van der Waals surface area contributed by atoms with Gasteiger partial charge >= 0.3 is 5.97 Å². The summed E-state index contributed by atoms with van der Waals surface area (Å²) in [5.41, 5.74) is 1.90. The van der Waals surface area contributed by atoms with Gasteiger partial charge in [-0.25, -0.2) is 0 Å². The molecule has 0 saturated carbocycles. The van der Waals surface area contributed by atoms with Crippen molar-refractivity contribution >= 4 is 17.6 Å². The normalized spacial score (nSPS) is 12.2. The monoisotopic (exact) mass is 347 g/mol. The second-order valence-corrected chi connectivity index (χ2v) is 6.38. The lowest BCUT2D eigenvalue weighted by molar-refractivity contribution is -0.140. The molecule has 0 heterocycles. The first-order chi connectivity index (χ1) is 11.5. The molecule has 0 aromatic heterocycles. The molecule has 0 amide bonds. The minimum atomic E-state index is -0.837. The minimum Gasteiger partial charge on any atom is -0.489 e. The summed E-state index contributed by atoms with van der Waals surface area (Å²) in [6, 6.07) is 14.6. The average Bonchev–Trinajstić information content (AvgIpc) is 2.54. The molecule has 0 spiro atoms. The van der Waals surface area contributed by atoms with E-state index >= 15 is 0 Å². The van der Waals surface area contributed by atoms with E-state index < -0.39 is 12.0 Å². The number of nitrogens with one attached hydrogen (secondary N) is 1. The number of carboxylic acids is 1. The third-order valence-electron chi connectivity index (χ3n) is 3.71. The molecule has 5 heteroatoms. The fraction of sp³-hybridized carbons (Fsp3) is 0.316. The largest absolute Gasteiger partial charge is 0.489 e. The molecule has 0 saturated heterocycles. The van der Waals surface area contributed by atoms with Crippen molar-refractivity contribution in [2.45, 2.75) is 33.0 Å². The van der Waals surface area contributed by atoms with Crippen LogP contribution in [-0.2, 0) is 17.9 Å². The molecule has 2 aromatic carbocycles. The number of halogens is 1. The number of carbonyl (C=O) groups is 1. The predicted molar refractivity (Wildman–Crippen MR) is 95.3 cm³/mol. The maximum atomic E-state index is 11.2. The second kappa shape index (κ2) is 8.71. The smallest absolute Gasteiger partial charge is 0.320 e. The van der Waals surface area contributed by atoms with Crippen molar-refractivity contribution in [3.05, 3.63) is 64.7 Å². The van der Waals surface area contributed by atoms with Gasteiger partial charge in [0.05, 0.1) is 0 Å². The summed E-state index contributed by atoms with van der Waals surface area (Å²) in [5.74, 6) is -0.0936. The first kappa shape index (κ1) is 18.3. The van der Waals surface area contributed by atoms with E-state index in [0.29, 0.717) is 18.2 Å². The third kappa shape index (κ3) is 5.25. The lowest BCUT2D eigenvalue weighted by atomic mass is 10.0. The Balaban J connectivity index is 1.96. The van der Waals surface area contributed by atoms with Crippen LogP contribution in [0.2, 0.25) is 5.02 Å². The van der Waals surface area contributed by atoms with Crippen molar-refractivity contribution in [3.63, 3.8) is 0 Å². The molecule has 0 bridgehead atoms. The van der Waals surface area contributed by atoms with Gasteiger partial charge in [-0.15, -0.1) is 0 Å². The van der Waals surface area contributed by atoms with Crippen LogP contribution in [0.15, 0.2) is 48.5 Å². The van der Waals surface area contributed by atoms with Crippen molar-refractivity contribution in [3.8, 4) is 5.75 Å². The number of hydrogen-bond donors (Lipinski definition) is 2. The molecular formula is C19H22ClNO3. The van der Waals surface area contributed by atoms with Gasteiger partial charge in [0.1, 0.15) is 18.4 Å². The number of benzene rings is 2. The zero-order valence-electron chi connectivity index (χ0n) is 13.8. The number of carboxylic acid groups (broad SMARTS) is 1. The van der Waals surface area contributed by atoms with E-state index in [9.17, 15) is 9.90 Å². The Morgan fingerprint density at radius 3 is 2.62 bits per heavy atom. The van der Waals surface area contributed by atoms with Gasteiger partial charge in [0.2, 0.25) is 0 Å². The van der Waals surface area contributed by atoms with Gasteiger partial charge in [0.25, 0.3) is 0 Å². The Labute approximate surface area is 147 Å². The number of rotatable bonds is 8. The van der Waals surface area contributed by atoms with Crippen molar-refractivity contribution < 1.29 is 14.6 Å². The van der Waals surface area contributed by atoms with E-state index in [4.69, 9.17) is 16.3 Å². The van der Waals surface area contributed by atoms with Crippen LogP contribution in [0.3, 0.4) is 0 Å². The summed E-state index contributed by atoms with van der Waals surface area (Å²) < 4.78 is 5.79. The highest BCUT2D eigenvalue weighted by atomic mass is 35.5. The highest BCUT2D eigenvalue weighted by Crippen LogP contribution is 2.19. The van der Waals surface area contributed by atoms with Crippen LogP contribution < -0.4 is 10.1 Å². The summed E-state index contributed by atoms with van der Waals surface area (Å²) in [5, 5.41) is 13.0. The van der Waals surface area contributed by atoms with E-state index in [2.05, 4.69) is 5.32 Å². The zero-order valence-corrected chi connectivity index (χ0v) is 14.6. The van der Waals surface area contributed by atoms with E-state index in [1.807, 2.05) is 62.4 Å². The van der Waals surface area contributed by atoms with Gasteiger partial charge < -0.3 is 15.2 Å². The summed E-state index contributed by atoms with van der Waals surface area (Å²) in [6.45, 7) is 4.63. The Hall–Kier alpha value is -2.04. The first-order valence-corrected chi connectivity index (χ1v) is 8.26. The van der Waals surface area contributed by atoms with Gasteiger partial charge in [0.15, 0.2) is 0 Å². The Morgan fingerprint density at radius 2 is 1.96 bits per heavy atom. The van der Waals surface area contributed by atoms with Gasteiger partial charge in [-0.2, -0.15) is 0 Å². The molecule has 2 rings (SSSR count). The molecule has 128 valence electrons. The van der Waals surface area contributed by atoms with Crippen LogP contribution in [0.5, 0.6) is 5.75 Å². The van der Waals surface area contributed by atoms with Gasteiger partial charge in [-0.3, -0.25) is 4.79 Å². The molecular weight excluding hydrogens is 326 g/mol. The SMILES string of the molecule is CC(C)[C@H](NCc1cccc(OCc2ccccc2Cl)c1)C(=O)O. The maximum Gasteiger partial charge on any atom is 0.320 e. The van der Waals surface area contributed by atoms with Crippen molar-refractivity contribution in [1.82, 2.24) is 5.32 Å². The molecule has 0 aliphatic heterocycles. The van der Waals surface area contributed by atoms with Crippen LogP contribution in [0.4, 0.5) is 0 Å². The Kier molecular flexibility index (Phi) is 6.64. The molecule has 4 nitrogen and oxygen atoms in total. The van der Waals surface area contributed by atoms with Crippen molar-refractivity contribution in [2.24, 2.45) is 5.92 Å². The van der Waals surface area contributed by atoms with Crippen LogP contribution in [0.1, 0.15) is 25.0 Å². The van der Waals surface area contributed by atoms with Crippen molar-refractivity contribution in [2.75, 3.05) is 0 Å². The van der Waals surface area contributed by atoms with Gasteiger partial charge in [0, 0.05) is 17.1 Å². The lowest BCUT2D eigenvalue weighted by Crippen LogP contribution is -2.40.